The van der Waals surface area contributed by atoms with Crippen molar-refractivity contribution in [3.8, 4) is 0 Å². The van der Waals surface area contributed by atoms with Crippen molar-refractivity contribution < 1.29 is 104 Å². The normalized spacial score (nSPS) is 57.2. The summed E-state index contributed by atoms with van der Waals surface area (Å²) in [5.74, 6) is 0. The summed E-state index contributed by atoms with van der Waals surface area (Å²) in [5.41, 5.74) is 0. The SMILES string of the molecule is C[C@@H]1O[C@@H](O[C@@H]2[C@@H](O[C@@H]3O[C@@H](C)[C@H](O)[C@@H](O)[C@H]3O)[C@@H](O)[C@H](O[C@@H]3[C@H](O)[C@@H](O)[C@H](O[C@H]4C(O)O[C@@H](C)[C@H](O)[C@H]4O)O[C@@H]3C)O[C@H]2C)[C@H](O)[C@H](O)[C@H]1O. The fourth-order valence-corrected chi connectivity index (χ4v) is 6.79. The van der Waals surface area contributed by atoms with Crippen LogP contribution in [0.25, 0.3) is 0 Å². The maximum absolute atomic E-state index is 11.6. The maximum Gasteiger partial charge on any atom is 0.187 e. The minimum atomic E-state index is -1.88. The van der Waals surface area contributed by atoms with Gasteiger partial charge in [0.15, 0.2) is 31.5 Å². The molecule has 5 aliphatic rings. The summed E-state index contributed by atoms with van der Waals surface area (Å²) in [7, 11) is 0. The number of aliphatic hydroxyl groups is 12. The van der Waals surface area contributed by atoms with Crippen molar-refractivity contribution in [3.05, 3.63) is 0 Å². The first-order valence-electron chi connectivity index (χ1n) is 16.9. The zero-order valence-corrected chi connectivity index (χ0v) is 28.5. The molecule has 5 aliphatic heterocycles. The number of rotatable bonds is 8. The van der Waals surface area contributed by atoms with E-state index in [9.17, 15) is 61.3 Å². The highest BCUT2D eigenvalue weighted by molar-refractivity contribution is 4.98. The van der Waals surface area contributed by atoms with Gasteiger partial charge in [-0.1, -0.05) is 0 Å². The van der Waals surface area contributed by atoms with Crippen LogP contribution in [0.15, 0.2) is 0 Å². The van der Waals surface area contributed by atoms with Crippen molar-refractivity contribution in [2.24, 2.45) is 0 Å². The Morgan fingerprint density at radius 2 is 0.588 bits per heavy atom. The summed E-state index contributed by atoms with van der Waals surface area (Å²) in [4.78, 5) is 0. The highest BCUT2D eigenvalue weighted by atomic mass is 16.8. The molecule has 0 bridgehead atoms. The van der Waals surface area contributed by atoms with Crippen LogP contribution in [0.5, 0.6) is 0 Å². The Morgan fingerprint density at radius 3 is 1.10 bits per heavy atom. The minimum Gasteiger partial charge on any atom is -0.388 e. The topological polar surface area (TPSA) is 326 Å². The van der Waals surface area contributed by atoms with E-state index in [2.05, 4.69) is 0 Å². The molecule has 21 nitrogen and oxygen atoms in total. The molecule has 12 N–H and O–H groups in total. The second-order valence-corrected chi connectivity index (χ2v) is 13.9. The number of hydrogen-bond donors (Lipinski definition) is 12. The first-order valence-corrected chi connectivity index (χ1v) is 16.9. The molecule has 298 valence electrons. The molecule has 0 aromatic heterocycles. The van der Waals surface area contributed by atoms with Gasteiger partial charge in [0.2, 0.25) is 0 Å². The molecule has 5 fully saturated rings. The Kier molecular flexibility index (Phi) is 13.4. The largest absolute Gasteiger partial charge is 0.388 e. The summed E-state index contributed by atoms with van der Waals surface area (Å²) >= 11 is 0. The Hall–Kier alpha value is -0.840. The van der Waals surface area contributed by atoms with Crippen LogP contribution in [0.4, 0.5) is 0 Å². The number of hydrogen-bond acceptors (Lipinski definition) is 21. The van der Waals surface area contributed by atoms with E-state index < -0.39 is 154 Å². The van der Waals surface area contributed by atoms with Crippen LogP contribution in [0.1, 0.15) is 34.6 Å². The third-order valence-electron chi connectivity index (χ3n) is 10.1. The molecule has 51 heavy (non-hydrogen) atoms. The van der Waals surface area contributed by atoms with E-state index in [0.717, 1.165) is 0 Å². The second kappa shape index (κ2) is 16.5. The Balaban J connectivity index is 1.33. The summed E-state index contributed by atoms with van der Waals surface area (Å²) in [6.07, 6.45) is -38.2. The second-order valence-electron chi connectivity index (χ2n) is 13.9. The number of ether oxygens (including phenoxy) is 9. The maximum atomic E-state index is 11.6. The molecule has 21 heteroatoms. The van der Waals surface area contributed by atoms with Crippen LogP contribution in [-0.4, -0.2) is 215 Å². The molecular formula is C30H52O21. The molecule has 0 aromatic carbocycles. The first-order chi connectivity index (χ1) is 23.8. The van der Waals surface area contributed by atoms with Crippen LogP contribution in [-0.2, 0) is 42.6 Å². The van der Waals surface area contributed by atoms with E-state index in [-0.39, 0.29) is 0 Å². The van der Waals surface area contributed by atoms with E-state index >= 15 is 0 Å². The van der Waals surface area contributed by atoms with Crippen molar-refractivity contribution in [3.63, 3.8) is 0 Å². The zero-order valence-electron chi connectivity index (χ0n) is 28.5. The molecule has 0 aliphatic carbocycles. The standard InChI is InChI=1S/C30H52O21/c1-6-13(33)16(36)25(26(42)43-6)51-29-20(40)17(37)22(9(4)46-29)48-30-21(41)24(50-28-19(39)15(35)12(32)8(3)45-28)23(10(5)47-30)49-27-18(38)14(34)11(31)7(2)44-27/h6-42H,1-5H3/t6-,7-,8-,9+,10-,11-,12-,13-,14+,15+,16+,17+,18+,19+,20+,21+,22-,23-,24-,25+,26?,27-,28-,29-,30-/m0/s1. The fourth-order valence-electron chi connectivity index (χ4n) is 6.79. The molecule has 0 amide bonds. The molecule has 5 rings (SSSR count). The molecule has 5 heterocycles. The van der Waals surface area contributed by atoms with Crippen molar-refractivity contribution in [2.45, 2.75) is 188 Å². The molecule has 0 aromatic rings. The first kappa shape index (κ1) is 41.3. The highest BCUT2D eigenvalue weighted by Gasteiger charge is 2.55. The van der Waals surface area contributed by atoms with E-state index in [1.165, 1.54) is 34.6 Å². The van der Waals surface area contributed by atoms with Gasteiger partial charge in [-0.05, 0) is 34.6 Å². The smallest absolute Gasteiger partial charge is 0.187 e. The van der Waals surface area contributed by atoms with E-state index in [4.69, 9.17) is 42.6 Å². The molecule has 0 radical (unpaired) electrons. The highest BCUT2D eigenvalue weighted by Crippen LogP contribution is 2.36. The zero-order chi connectivity index (χ0) is 37.8. The lowest BCUT2D eigenvalue weighted by Crippen LogP contribution is -2.67. The summed E-state index contributed by atoms with van der Waals surface area (Å²) in [6.45, 7) is 7.10. The number of aliphatic hydroxyl groups excluding tert-OH is 12. The van der Waals surface area contributed by atoms with Gasteiger partial charge in [-0.15, -0.1) is 0 Å². The average molecular weight is 749 g/mol. The molecule has 1 unspecified atom stereocenters. The Bertz CT molecular complexity index is 1120. The quantitative estimate of drug-likeness (QED) is 0.110. The van der Waals surface area contributed by atoms with Crippen molar-refractivity contribution >= 4 is 0 Å². The van der Waals surface area contributed by atoms with Crippen molar-refractivity contribution in [2.75, 3.05) is 0 Å². The van der Waals surface area contributed by atoms with Crippen molar-refractivity contribution in [1.82, 2.24) is 0 Å². The van der Waals surface area contributed by atoms with Gasteiger partial charge >= 0.3 is 0 Å². The van der Waals surface area contributed by atoms with E-state index in [0.29, 0.717) is 0 Å². The lowest BCUT2D eigenvalue weighted by molar-refractivity contribution is -0.398. The van der Waals surface area contributed by atoms with Gasteiger partial charge in [0.25, 0.3) is 0 Å². The Morgan fingerprint density at radius 1 is 0.275 bits per heavy atom. The lowest BCUT2D eigenvalue weighted by Gasteiger charge is -2.50. The Labute approximate surface area is 292 Å². The summed E-state index contributed by atoms with van der Waals surface area (Å²) in [6, 6.07) is 0. The summed E-state index contributed by atoms with van der Waals surface area (Å²) in [5, 5.41) is 127. The molecule has 0 saturated carbocycles. The van der Waals surface area contributed by atoms with Gasteiger partial charge in [0.1, 0.15) is 91.6 Å². The lowest BCUT2D eigenvalue weighted by atomic mass is 9.95. The van der Waals surface area contributed by atoms with E-state index in [1.54, 1.807) is 0 Å². The molecule has 0 spiro atoms. The van der Waals surface area contributed by atoms with Crippen LogP contribution in [0, 0.1) is 0 Å². The van der Waals surface area contributed by atoms with Gasteiger partial charge in [0, 0.05) is 0 Å². The van der Waals surface area contributed by atoms with Crippen LogP contribution < -0.4 is 0 Å². The van der Waals surface area contributed by atoms with Gasteiger partial charge in [-0.25, -0.2) is 0 Å². The van der Waals surface area contributed by atoms with E-state index in [1.807, 2.05) is 0 Å². The third-order valence-corrected chi connectivity index (χ3v) is 10.1. The minimum absolute atomic E-state index is 0.937. The van der Waals surface area contributed by atoms with Crippen molar-refractivity contribution in [1.29, 1.82) is 0 Å². The predicted octanol–water partition coefficient (Wildman–Crippen LogP) is -6.79. The molecular weight excluding hydrogens is 696 g/mol. The third kappa shape index (κ3) is 8.24. The molecule has 5 saturated heterocycles. The monoisotopic (exact) mass is 748 g/mol. The van der Waals surface area contributed by atoms with Gasteiger partial charge in [-0.3, -0.25) is 0 Å². The van der Waals surface area contributed by atoms with Crippen LogP contribution in [0.2, 0.25) is 0 Å². The molecule has 25 atom stereocenters. The average Bonchev–Trinajstić information content (AvgIpc) is 3.08. The van der Waals surface area contributed by atoms with Gasteiger partial charge in [-0.2, -0.15) is 0 Å². The van der Waals surface area contributed by atoms with Crippen LogP contribution >= 0.6 is 0 Å². The predicted molar refractivity (Wildman–Crippen MR) is 159 cm³/mol. The van der Waals surface area contributed by atoms with Gasteiger partial charge < -0.3 is 104 Å². The fraction of sp³-hybridized carbons (Fsp3) is 1.00. The van der Waals surface area contributed by atoms with Gasteiger partial charge in [0.05, 0.1) is 30.5 Å². The van der Waals surface area contributed by atoms with Crippen LogP contribution in [0.3, 0.4) is 0 Å². The summed E-state index contributed by atoms with van der Waals surface area (Å²) < 4.78 is 51.2.